The lowest BCUT2D eigenvalue weighted by Gasteiger charge is -2.11. The van der Waals surface area contributed by atoms with Gasteiger partial charge in [0, 0.05) is 22.8 Å². The fourth-order valence-electron chi connectivity index (χ4n) is 3.35. The Bertz CT molecular complexity index is 1250. The molecule has 4 rings (SSSR count). The van der Waals surface area contributed by atoms with Crippen LogP contribution in [0.15, 0.2) is 79.0 Å². The number of hydrogen-bond donors (Lipinski definition) is 1. The smallest absolute Gasteiger partial charge is 0.256 e. The number of ether oxygens (including phenoxy) is 1. The Morgan fingerprint density at radius 1 is 1.00 bits per heavy atom. The Labute approximate surface area is 192 Å². The molecule has 4 aromatic rings. The first kappa shape index (κ1) is 21.7. The molecule has 0 radical (unpaired) electrons. The second-order valence-corrected chi connectivity index (χ2v) is 8.18. The summed E-state index contributed by atoms with van der Waals surface area (Å²) in [6.45, 7) is 5.01. The molecule has 1 amide bonds. The van der Waals surface area contributed by atoms with Gasteiger partial charge in [-0.3, -0.25) is 9.48 Å². The van der Waals surface area contributed by atoms with E-state index in [2.05, 4.69) is 16.5 Å². The summed E-state index contributed by atoms with van der Waals surface area (Å²) < 4.78 is 7.73. The van der Waals surface area contributed by atoms with E-state index in [0.717, 1.165) is 28.0 Å². The molecule has 0 aliphatic carbocycles. The molecule has 32 heavy (non-hydrogen) atoms. The Morgan fingerprint density at radius 3 is 2.66 bits per heavy atom. The molecule has 0 aliphatic rings. The third kappa shape index (κ3) is 5.56. The highest BCUT2D eigenvalue weighted by atomic mass is 35.5. The van der Waals surface area contributed by atoms with Crippen molar-refractivity contribution in [3.8, 4) is 5.75 Å². The van der Waals surface area contributed by atoms with E-state index in [0.29, 0.717) is 29.6 Å². The van der Waals surface area contributed by atoms with Gasteiger partial charge in [-0.25, -0.2) is 0 Å². The number of aromatic nitrogens is 2. The van der Waals surface area contributed by atoms with Gasteiger partial charge in [0.05, 0.1) is 6.54 Å². The van der Waals surface area contributed by atoms with Gasteiger partial charge in [-0.1, -0.05) is 48.0 Å². The number of aryl methyl sites for hydroxylation is 2. The standard InChI is InChI=1S/C26H24ClN3O2/c1-18-9-10-19(2)24(13-18)32-17-21-6-3-7-22(14-21)26(31)28-25-11-12-30(29-25)16-20-5-4-8-23(27)15-20/h3-15H,16-17H2,1-2H3,(H,28,29,31). The van der Waals surface area contributed by atoms with Crippen molar-refractivity contribution in [2.45, 2.75) is 27.0 Å². The maximum Gasteiger partial charge on any atom is 0.256 e. The molecule has 0 spiro atoms. The van der Waals surface area contributed by atoms with E-state index >= 15 is 0 Å². The van der Waals surface area contributed by atoms with Crippen molar-refractivity contribution in [3.05, 3.63) is 112 Å². The summed E-state index contributed by atoms with van der Waals surface area (Å²) in [6, 6.07) is 22.9. The summed E-state index contributed by atoms with van der Waals surface area (Å²) in [6.07, 6.45) is 1.82. The number of anilines is 1. The van der Waals surface area contributed by atoms with Crippen molar-refractivity contribution in [1.29, 1.82) is 0 Å². The van der Waals surface area contributed by atoms with Crippen LogP contribution in [0.5, 0.6) is 5.75 Å². The molecule has 0 saturated heterocycles. The zero-order chi connectivity index (χ0) is 22.5. The third-order valence-electron chi connectivity index (χ3n) is 5.04. The molecular formula is C26H24ClN3O2. The minimum absolute atomic E-state index is 0.216. The average Bonchev–Trinajstić information content (AvgIpc) is 3.21. The van der Waals surface area contributed by atoms with Gasteiger partial charge in [0.1, 0.15) is 12.4 Å². The average molecular weight is 446 g/mol. The van der Waals surface area contributed by atoms with Crippen molar-refractivity contribution in [2.75, 3.05) is 5.32 Å². The highest BCUT2D eigenvalue weighted by Gasteiger charge is 2.10. The quantitative estimate of drug-likeness (QED) is 0.377. The number of nitrogens with zero attached hydrogens (tertiary/aromatic N) is 2. The van der Waals surface area contributed by atoms with Crippen molar-refractivity contribution in [3.63, 3.8) is 0 Å². The first-order valence-corrected chi connectivity index (χ1v) is 10.7. The number of carbonyl (C=O) groups excluding carboxylic acids is 1. The largest absolute Gasteiger partial charge is 0.489 e. The number of nitrogens with one attached hydrogen (secondary N) is 1. The van der Waals surface area contributed by atoms with Crippen molar-refractivity contribution < 1.29 is 9.53 Å². The first-order valence-electron chi connectivity index (χ1n) is 10.3. The van der Waals surface area contributed by atoms with E-state index in [4.69, 9.17) is 16.3 Å². The van der Waals surface area contributed by atoms with Crippen LogP contribution in [0.4, 0.5) is 5.82 Å². The highest BCUT2D eigenvalue weighted by Crippen LogP contribution is 2.21. The number of carbonyl (C=O) groups is 1. The molecular weight excluding hydrogens is 422 g/mol. The number of halogens is 1. The number of rotatable bonds is 7. The van der Waals surface area contributed by atoms with Crippen LogP contribution in [0.25, 0.3) is 0 Å². The Kier molecular flexibility index (Phi) is 6.57. The number of amides is 1. The van der Waals surface area contributed by atoms with Crippen LogP contribution in [0, 0.1) is 13.8 Å². The summed E-state index contributed by atoms with van der Waals surface area (Å²) in [7, 11) is 0. The normalized spacial score (nSPS) is 10.7. The fourth-order valence-corrected chi connectivity index (χ4v) is 3.57. The molecule has 0 bridgehead atoms. The van der Waals surface area contributed by atoms with Gasteiger partial charge in [0.2, 0.25) is 0 Å². The lowest BCUT2D eigenvalue weighted by Crippen LogP contribution is -2.13. The molecule has 1 aromatic heterocycles. The molecule has 5 nitrogen and oxygen atoms in total. The molecule has 3 aromatic carbocycles. The molecule has 0 atom stereocenters. The van der Waals surface area contributed by atoms with E-state index in [1.807, 2.05) is 74.6 Å². The lowest BCUT2D eigenvalue weighted by molar-refractivity contribution is 0.102. The number of benzene rings is 3. The molecule has 1 heterocycles. The molecule has 0 saturated carbocycles. The summed E-state index contributed by atoms with van der Waals surface area (Å²) in [5.41, 5.74) is 4.74. The zero-order valence-corrected chi connectivity index (χ0v) is 18.8. The topological polar surface area (TPSA) is 56.1 Å². The molecule has 162 valence electrons. The summed E-state index contributed by atoms with van der Waals surface area (Å²) in [4.78, 5) is 12.7. The van der Waals surface area contributed by atoms with Gasteiger partial charge in [-0.15, -0.1) is 0 Å². The zero-order valence-electron chi connectivity index (χ0n) is 18.0. The van der Waals surface area contributed by atoms with Crippen molar-refractivity contribution >= 4 is 23.3 Å². The minimum Gasteiger partial charge on any atom is -0.489 e. The molecule has 1 N–H and O–H groups in total. The maximum absolute atomic E-state index is 12.7. The van der Waals surface area contributed by atoms with Gasteiger partial charge < -0.3 is 10.1 Å². The minimum atomic E-state index is -0.216. The SMILES string of the molecule is Cc1ccc(C)c(OCc2cccc(C(=O)Nc3ccn(Cc4cccc(Cl)c4)n3)c2)c1. The second-order valence-electron chi connectivity index (χ2n) is 7.74. The number of hydrogen-bond acceptors (Lipinski definition) is 3. The van der Waals surface area contributed by atoms with Crippen LogP contribution in [-0.2, 0) is 13.2 Å². The Balaban J connectivity index is 1.38. The molecule has 0 unspecified atom stereocenters. The molecule has 0 fully saturated rings. The van der Waals surface area contributed by atoms with Gasteiger partial charge in [0.15, 0.2) is 5.82 Å². The van der Waals surface area contributed by atoms with Crippen LogP contribution >= 0.6 is 11.6 Å². The van der Waals surface area contributed by atoms with E-state index in [9.17, 15) is 4.79 Å². The van der Waals surface area contributed by atoms with Gasteiger partial charge in [-0.2, -0.15) is 5.10 Å². The third-order valence-corrected chi connectivity index (χ3v) is 5.28. The first-order chi connectivity index (χ1) is 15.5. The van der Waals surface area contributed by atoms with Crippen molar-refractivity contribution in [1.82, 2.24) is 9.78 Å². The van der Waals surface area contributed by atoms with Crippen LogP contribution in [0.2, 0.25) is 5.02 Å². The van der Waals surface area contributed by atoms with E-state index < -0.39 is 0 Å². The van der Waals surface area contributed by atoms with E-state index in [1.54, 1.807) is 16.8 Å². The van der Waals surface area contributed by atoms with Gasteiger partial charge >= 0.3 is 0 Å². The lowest BCUT2D eigenvalue weighted by atomic mass is 10.1. The predicted octanol–water partition coefficient (Wildman–Crippen LogP) is 6.03. The summed E-state index contributed by atoms with van der Waals surface area (Å²) >= 11 is 6.04. The maximum atomic E-state index is 12.7. The molecule has 6 heteroatoms. The summed E-state index contributed by atoms with van der Waals surface area (Å²) in [5.74, 6) is 1.13. The van der Waals surface area contributed by atoms with E-state index in [1.165, 1.54) is 0 Å². The fraction of sp³-hybridized carbons (Fsp3) is 0.154. The van der Waals surface area contributed by atoms with Crippen LogP contribution in [0.1, 0.15) is 32.6 Å². The Morgan fingerprint density at radius 2 is 1.81 bits per heavy atom. The summed E-state index contributed by atoms with van der Waals surface area (Å²) in [5, 5.41) is 7.97. The highest BCUT2D eigenvalue weighted by molar-refractivity contribution is 6.30. The van der Waals surface area contributed by atoms with Crippen LogP contribution < -0.4 is 10.1 Å². The van der Waals surface area contributed by atoms with Crippen molar-refractivity contribution in [2.24, 2.45) is 0 Å². The van der Waals surface area contributed by atoms with Crippen LogP contribution in [0.3, 0.4) is 0 Å². The Hall–Kier alpha value is -3.57. The van der Waals surface area contributed by atoms with Gasteiger partial charge in [0.25, 0.3) is 5.91 Å². The van der Waals surface area contributed by atoms with E-state index in [-0.39, 0.29) is 5.91 Å². The molecule has 0 aliphatic heterocycles. The van der Waals surface area contributed by atoms with Gasteiger partial charge in [-0.05, 0) is 66.4 Å². The van der Waals surface area contributed by atoms with Crippen LogP contribution in [-0.4, -0.2) is 15.7 Å². The second kappa shape index (κ2) is 9.71. The monoisotopic (exact) mass is 445 g/mol. The predicted molar refractivity (Wildman–Crippen MR) is 127 cm³/mol.